The van der Waals surface area contributed by atoms with Gasteiger partial charge in [-0.25, -0.2) is 0 Å². The zero-order chi connectivity index (χ0) is 12.0. The molecule has 0 spiro atoms. The number of nitrogens with zero attached hydrogens (tertiary/aromatic N) is 1. The maximum absolute atomic E-state index is 11.8. The molecular weight excluding hydrogens is 200 g/mol. The number of rotatable bonds is 7. The molecule has 0 saturated carbocycles. The summed E-state index contributed by atoms with van der Waals surface area (Å²) < 4.78 is 2.05. The van der Waals surface area contributed by atoms with Crippen molar-refractivity contribution in [3.05, 3.63) is 21.6 Å². The van der Waals surface area contributed by atoms with Crippen molar-refractivity contribution in [3.63, 3.8) is 0 Å². The first-order chi connectivity index (χ1) is 7.74. The maximum Gasteiger partial charge on any atom is 0.267 e. The second-order valence-electron chi connectivity index (χ2n) is 4.33. The third-order valence-electron chi connectivity index (χ3n) is 3.04. The molecule has 0 fully saturated rings. The molecule has 0 aliphatic carbocycles. The van der Waals surface area contributed by atoms with Crippen LogP contribution in [-0.2, 0) is 19.4 Å². The van der Waals surface area contributed by atoms with Gasteiger partial charge in [0.25, 0.3) is 5.56 Å². The van der Waals surface area contributed by atoms with E-state index in [9.17, 15) is 4.79 Å². The van der Waals surface area contributed by atoms with Gasteiger partial charge >= 0.3 is 0 Å². The quantitative estimate of drug-likeness (QED) is 0.759. The third kappa shape index (κ3) is 3.00. The van der Waals surface area contributed by atoms with Gasteiger partial charge in [-0.1, -0.05) is 33.6 Å². The first kappa shape index (κ1) is 13.1. The van der Waals surface area contributed by atoms with Crippen molar-refractivity contribution >= 4 is 0 Å². The van der Waals surface area contributed by atoms with Crippen LogP contribution in [0, 0.1) is 0 Å². The fourth-order valence-electron chi connectivity index (χ4n) is 2.07. The Kier molecular flexibility index (Phi) is 5.36. The molecule has 3 heteroatoms. The normalized spacial score (nSPS) is 10.9. The highest BCUT2D eigenvalue weighted by atomic mass is 16.1. The zero-order valence-electron chi connectivity index (χ0n) is 10.8. The smallest absolute Gasteiger partial charge is 0.267 e. The molecule has 1 aromatic heterocycles. The number of hydrogen-bond acceptors (Lipinski definition) is 1. The Morgan fingerprint density at radius 2 is 1.81 bits per heavy atom. The second kappa shape index (κ2) is 6.56. The fraction of sp³-hybridized carbons (Fsp3) is 0.769. The Labute approximate surface area is 97.8 Å². The molecule has 0 unspecified atom stereocenters. The Balaban J connectivity index is 2.89. The van der Waals surface area contributed by atoms with Gasteiger partial charge in [-0.2, -0.15) is 0 Å². The molecule has 0 aromatic carbocycles. The van der Waals surface area contributed by atoms with Gasteiger partial charge in [0.1, 0.15) is 0 Å². The van der Waals surface area contributed by atoms with E-state index in [1.54, 1.807) is 0 Å². The van der Waals surface area contributed by atoms with Gasteiger partial charge in [-0.05, 0) is 25.7 Å². The van der Waals surface area contributed by atoms with Crippen molar-refractivity contribution < 1.29 is 0 Å². The summed E-state index contributed by atoms with van der Waals surface area (Å²) in [5.41, 5.74) is 2.36. The Morgan fingerprint density at radius 1 is 1.12 bits per heavy atom. The van der Waals surface area contributed by atoms with Gasteiger partial charge in [0, 0.05) is 17.8 Å². The molecule has 0 saturated heterocycles. The summed E-state index contributed by atoms with van der Waals surface area (Å²) in [4.78, 5) is 11.8. The van der Waals surface area contributed by atoms with Crippen molar-refractivity contribution in [2.45, 2.75) is 65.8 Å². The van der Waals surface area contributed by atoms with E-state index in [1.165, 1.54) is 5.69 Å². The molecule has 0 amide bonds. The first-order valence-electron chi connectivity index (χ1n) is 6.55. The van der Waals surface area contributed by atoms with Crippen LogP contribution in [0.25, 0.3) is 0 Å². The average Bonchev–Trinajstić information content (AvgIpc) is 2.59. The molecule has 0 atom stereocenters. The second-order valence-corrected chi connectivity index (χ2v) is 4.33. The van der Waals surface area contributed by atoms with E-state index >= 15 is 0 Å². The van der Waals surface area contributed by atoms with E-state index in [0.717, 1.165) is 50.6 Å². The topological polar surface area (TPSA) is 37.8 Å². The number of aryl methyl sites for hydroxylation is 1. The van der Waals surface area contributed by atoms with Gasteiger partial charge < -0.3 is 0 Å². The molecule has 1 rings (SSSR count). The van der Waals surface area contributed by atoms with Crippen molar-refractivity contribution in [1.82, 2.24) is 9.78 Å². The third-order valence-corrected chi connectivity index (χ3v) is 3.04. The number of hydrogen-bond donors (Lipinski definition) is 1. The van der Waals surface area contributed by atoms with Crippen molar-refractivity contribution in [3.8, 4) is 0 Å². The lowest BCUT2D eigenvalue weighted by Gasteiger charge is -2.07. The van der Waals surface area contributed by atoms with Crippen LogP contribution < -0.4 is 5.56 Å². The monoisotopic (exact) mass is 224 g/mol. The van der Waals surface area contributed by atoms with Crippen LogP contribution in [0.15, 0.2) is 4.79 Å². The largest absolute Gasteiger partial charge is 0.289 e. The molecule has 0 aliphatic heterocycles. The van der Waals surface area contributed by atoms with Gasteiger partial charge in [-0.3, -0.25) is 14.6 Å². The van der Waals surface area contributed by atoms with Crippen LogP contribution in [-0.4, -0.2) is 9.78 Å². The number of unbranched alkanes of at least 4 members (excludes halogenated alkanes) is 2. The molecule has 1 N–H and O–H groups in total. The van der Waals surface area contributed by atoms with E-state index < -0.39 is 0 Å². The summed E-state index contributed by atoms with van der Waals surface area (Å²) in [5, 5.41) is 2.97. The lowest BCUT2D eigenvalue weighted by atomic mass is 10.1. The standard InChI is InChI=1S/C13H24N2O/c1-4-7-9-11-12(6-3)15(10-8-5-2)14-13(11)16/h4-10H2,1-3H3,(H,14,16). The molecular formula is C13H24N2O. The summed E-state index contributed by atoms with van der Waals surface area (Å²) in [5.74, 6) is 0. The summed E-state index contributed by atoms with van der Waals surface area (Å²) in [6.07, 6.45) is 6.41. The minimum Gasteiger partial charge on any atom is -0.289 e. The van der Waals surface area contributed by atoms with Gasteiger partial charge in [0.2, 0.25) is 0 Å². The maximum atomic E-state index is 11.8. The lowest BCUT2D eigenvalue weighted by molar-refractivity contribution is 0.546. The lowest BCUT2D eigenvalue weighted by Crippen LogP contribution is -2.08. The summed E-state index contributed by atoms with van der Waals surface area (Å²) in [6.45, 7) is 7.40. The molecule has 3 nitrogen and oxygen atoms in total. The van der Waals surface area contributed by atoms with Crippen LogP contribution in [0.2, 0.25) is 0 Å². The Hall–Kier alpha value is -0.990. The molecule has 1 aromatic rings. The molecule has 16 heavy (non-hydrogen) atoms. The van der Waals surface area contributed by atoms with Crippen LogP contribution in [0.5, 0.6) is 0 Å². The highest BCUT2D eigenvalue weighted by Crippen LogP contribution is 2.10. The minimum atomic E-state index is 0.126. The van der Waals surface area contributed by atoms with E-state index in [0.29, 0.717) is 0 Å². The zero-order valence-corrected chi connectivity index (χ0v) is 10.8. The average molecular weight is 224 g/mol. The summed E-state index contributed by atoms with van der Waals surface area (Å²) >= 11 is 0. The number of H-pyrrole nitrogens is 1. The predicted molar refractivity (Wildman–Crippen MR) is 68.0 cm³/mol. The van der Waals surface area contributed by atoms with E-state index in [4.69, 9.17) is 0 Å². The number of nitrogens with one attached hydrogen (secondary N) is 1. The van der Waals surface area contributed by atoms with Crippen LogP contribution in [0.1, 0.15) is 57.7 Å². The Bertz CT molecular complexity index is 362. The van der Waals surface area contributed by atoms with E-state index in [1.807, 2.05) is 0 Å². The van der Waals surface area contributed by atoms with Crippen LogP contribution >= 0.6 is 0 Å². The summed E-state index contributed by atoms with van der Waals surface area (Å²) in [6, 6.07) is 0. The van der Waals surface area contributed by atoms with Crippen LogP contribution in [0.3, 0.4) is 0 Å². The Morgan fingerprint density at radius 3 is 2.38 bits per heavy atom. The predicted octanol–water partition coefficient (Wildman–Crippen LogP) is 2.88. The van der Waals surface area contributed by atoms with Crippen molar-refractivity contribution in [2.75, 3.05) is 0 Å². The molecule has 1 heterocycles. The SMILES string of the molecule is CCCCc1c(CC)n(CCCC)[nH]c1=O. The molecule has 92 valence electrons. The molecule has 0 bridgehead atoms. The van der Waals surface area contributed by atoms with Gasteiger partial charge in [0.05, 0.1) is 0 Å². The van der Waals surface area contributed by atoms with Gasteiger partial charge in [-0.15, -0.1) is 0 Å². The van der Waals surface area contributed by atoms with Crippen molar-refractivity contribution in [1.29, 1.82) is 0 Å². The van der Waals surface area contributed by atoms with E-state index in [-0.39, 0.29) is 5.56 Å². The highest BCUT2D eigenvalue weighted by molar-refractivity contribution is 5.18. The van der Waals surface area contributed by atoms with E-state index in [2.05, 4.69) is 30.6 Å². The van der Waals surface area contributed by atoms with Crippen molar-refractivity contribution in [2.24, 2.45) is 0 Å². The van der Waals surface area contributed by atoms with Gasteiger partial charge in [0.15, 0.2) is 0 Å². The summed E-state index contributed by atoms with van der Waals surface area (Å²) in [7, 11) is 0. The molecule has 0 radical (unpaired) electrons. The number of aromatic amines is 1. The highest BCUT2D eigenvalue weighted by Gasteiger charge is 2.11. The van der Waals surface area contributed by atoms with Crippen LogP contribution in [0.4, 0.5) is 0 Å². The fourth-order valence-corrected chi connectivity index (χ4v) is 2.07. The molecule has 0 aliphatic rings. The first-order valence-corrected chi connectivity index (χ1v) is 6.55. The minimum absolute atomic E-state index is 0.126. The number of aromatic nitrogens is 2.